The second-order valence-corrected chi connectivity index (χ2v) is 27.5. The molecule has 0 spiro atoms. The van der Waals surface area contributed by atoms with Gasteiger partial charge in [-0.1, -0.05) is 0 Å². The molecule has 0 fully saturated rings. The summed E-state index contributed by atoms with van der Waals surface area (Å²) in [7, 11) is 0. The van der Waals surface area contributed by atoms with E-state index in [4.69, 9.17) is 0 Å². The maximum atomic E-state index is 2.24. The van der Waals surface area contributed by atoms with Crippen LogP contribution in [0.3, 0.4) is 0 Å². The van der Waals surface area contributed by atoms with Crippen LogP contribution in [0, 0.1) is 0 Å². The molecule has 0 aliphatic rings. The third-order valence-corrected chi connectivity index (χ3v) is 21.5. The maximum absolute atomic E-state index is 2.24. The summed E-state index contributed by atoms with van der Waals surface area (Å²) in [5.41, 5.74) is 0. The van der Waals surface area contributed by atoms with Crippen molar-refractivity contribution in [3.05, 3.63) is 243 Å². The van der Waals surface area contributed by atoms with Crippen LogP contribution in [0.1, 0.15) is 0 Å². The first-order valence-corrected chi connectivity index (χ1v) is 28.7. The Labute approximate surface area is 351 Å². The van der Waals surface area contributed by atoms with E-state index >= 15 is 0 Å². The number of benzene rings is 8. The summed E-state index contributed by atoms with van der Waals surface area (Å²) < 4.78 is 12.3. The van der Waals surface area contributed by atoms with Crippen LogP contribution in [0.2, 0.25) is 0 Å². The molecule has 4 heteroatoms. The van der Waals surface area contributed by atoms with Gasteiger partial charge in [0, 0.05) is 0 Å². The summed E-state index contributed by atoms with van der Waals surface area (Å²) in [6.07, 6.45) is 0. The first-order valence-electron chi connectivity index (χ1n) is 17.3. The number of rotatable bonds is 8. The molecule has 0 saturated carbocycles. The SMILES string of the molecule is c1cc[c]([Sn][c]2ccccc2)cc1.c1cc[c]([Sn][c]2ccccc2)cc1.c1cc[c]([Sn][c]2ccccc2)cc1.c1cc[c]([Sn][c]2ccccc2)cc1. The molecular weight excluding hydrogens is 1050 g/mol. The normalized spacial score (nSPS) is 9.85. The summed E-state index contributed by atoms with van der Waals surface area (Å²) in [5, 5.41) is 0. The molecule has 0 atom stereocenters. The topological polar surface area (TPSA) is 0 Å². The van der Waals surface area contributed by atoms with Crippen LogP contribution in [-0.2, 0) is 0 Å². The Morgan fingerprint density at radius 1 is 0.135 bits per heavy atom. The van der Waals surface area contributed by atoms with E-state index in [1.165, 1.54) is 28.6 Å². The van der Waals surface area contributed by atoms with Crippen LogP contribution in [0.5, 0.6) is 0 Å². The Hall–Kier alpha value is -3.05. The molecule has 0 N–H and O–H groups in total. The molecule has 0 aliphatic heterocycles. The second-order valence-electron chi connectivity index (χ2n) is 11.4. The minimum atomic E-state index is -0.517. The molecule has 0 saturated heterocycles. The van der Waals surface area contributed by atoms with Gasteiger partial charge in [0.2, 0.25) is 0 Å². The van der Waals surface area contributed by atoms with E-state index in [2.05, 4.69) is 243 Å². The second kappa shape index (κ2) is 25.1. The zero-order chi connectivity index (χ0) is 35.7. The Morgan fingerprint density at radius 3 is 0.327 bits per heavy atom. The van der Waals surface area contributed by atoms with Crippen LogP contribution in [0.25, 0.3) is 0 Å². The van der Waals surface area contributed by atoms with E-state index in [0.717, 1.165) is 0 Å². The summed E-state index contributed by atoms with van der Waals surface area (Å²) in [6.45, 7) is 0. The van der Waals surface area contributed by atoms with Gasteiger partial charge in [0.25, 0.3) is 0 Å². The molecule has 8 aromatic carbocycles. The van der Waals surface area contributed by atoms with Crippen LogP contribution < -0.4 is 28.6 Å². The molecule has 0 nitrogen and oxygen atoms in total. The van der Waals surface area contributed by atoms with E-state index in [1.54, 1.807) is 0 Å². The third-order valence-electron chi connectivity index (χ3n) is 7.35. The molecule has 248 valence electrons. The Kier molecular flexibility index (Phi) is 19.3. The number of hydrogen-bond acceptors (Lipinski definition) is 0. The van der Waals surface area contributed by atoms with Crippen molar-refractivity contribution in [2.75, 3.05) is 0 Å². The van der Waals surface area contributed by atoms with Crippen molar-refractivity contribution in [2.45, 2.75) is 0 Å². The summed E-state index contributed by atoms with van der Waals surface area (Å²) >= 11 is -2.07. The Balaban J connectivity index is 0.000000134. The van der Waals surface area contributed by atoms with Crippen molar-refractivity contribution in [2.24, 2.45) is 0 Å². The summed E-state index contributed by atoms with van der Waals surface area (Å²) in [4.78, 5) is 0. The van der Waals surface area contributed by atoms with Gasteiger partial charge in [-0.15, -0.1) is 0 Å². The third kappa shape index (κ3) is 16.7. The molecular formula is C48H40Sn4. The van der Waals surface area contributed by atoms with Crippen LogP contribution in [0.4, 0.5) is 0 Å². The van der Waals surface area contributed by atoms with Crippen molar-refractivity contribution in [3.8, 4) is 0 Å². The van der Waals surface area contributed by atoms with E-state index < -0.39 is 84.6 Å². The molecule has 8 radical (unpaired) electrons. The van der Waals surface area contributed by atoms with Crippen molar-refractivity contribution >= 4 is 113 Å². The van der Waals surface area contributed by atoms with Crippen molar-refractivity contribution in [3.63, 3.8) is 0 Å². The van der Waals surface area contributed by atoms with E-state index in [9.17, 15) is 0 Å². The molecule has 0 unspecified atom stereocenters. The zero-order valence-electron chi connectivity index (χ0n) is 29.1. The molecule has 0 amide bonds. The number of hydrogen-bond donors (Lipinski definition) is 0. The average molecular weight is 1090 g/mol. The molecule has 0 bridgehead atoms. The van der Waals surface area contributed by atoms with Gasteiger partial charge in [-0.3, -0.25) is 0 Å². The van der Waals surface area contributed by atoms with Gasteiger partial charge in [-0.05, 0) is 0 Å². The van der Waals surface area contributed by atoms with E-state index in [1.807, 2.05) is 0 Å². The van der Waals surface area contributed by atoms with Gasteiger partial charge in [0.15, 0.2) is 0 Å². The van der Waals surface area contributed by atoms with E-state index in [-0.39, 0.29) is 0 Å². The molecule has 52 heavy (non-hydrogen) atoms. The van der Waals surface area contributed by atoms with Gasteiger partial charge in [0.05, 0.1) is 0 Å². The first-order chi connectivity index (χ1) is 25.8. The monoisotopic (exact) mass is 1100 g/mol. The van der Waals surface area contributed by atoms with Gasteiger partial charge in [-0.2, -0.15) is 0 Å². The van der Waals surface area contributed by atoms with Crippen molar-refractivity contribution < 1.29 is 0 Å². The molecule has 8 rings (SSSR count). The predicted molar refractivity (Wildman–Crippen MR) is 232 cm³/mol. The molecule has 8 aromatic rings. The molecule has 0 aromatic heterocycles. The van der Waals surface area contributed by atoms with Gasteiger partial charge < -0.3 is 0 Å². The van der Waals surface area contributed by atoms with Gasteiger partial charge in [0.1, 0.15) is 0 Å². The average Bonchev–Trinajstić information content (AvgIpc) is 3.22. The van der Waals surface area contributed by atoms with Crippen molar-refractivity contribution in [1.29, 1.82) is 0 Å². The fourth-order valence-electron chi connectivity index (χ4n) is 4.84. The molecule has 0 aliphatic carbocycles. The summed E-state index contributed by atoms with van der Waals surface area (Å²) in [6, 6.07) is 86.4. The fraction of sp³-hybridized carbons (Fsp3) is 0. The minimum absolute atomic E-state index is 0.517. The van der Waals surface area contributed by atoms with Gasteiger partial charge >= 0.3 is 356 Å². The summed E-state index contributed by atoms with van der Waals surface area (Å²) in [5.74, 6) is 0. The standard InChI is InChI=1S/8C6H5.4Sn/c8*1-2-4-6-5-3-1;;;;/h8*1-5H;;;;. The fourth-order valence-corrected chi connectivity index (χ4v) is 16.8. The van der Waals surface area contributed by atoms with Crippen LogP contribution >= 0.6 is 0 Å². The van der Waals surface area contributed by atoms with E-state index in [0.29, 0.717) is 0 Å². The Bertz CT molecular complexity index is 1570. The van der Waals surface area contributed by atoms with Crippen molar-refractivity contribution in [1.82, 2.24) is 0 Å². The predicted octanol–water partition coefficient (Wildman–Crippen LogP) is 5.37. The van der Waals surface area contributed by atoms with Crippen LogP contribution in [-0.4, -0.2) is 84.6 Å². The Morgan fingerprint density at radius 2 is 0.231 bits per heavy atom. The van der Waals surface area contributed by atoms with Crippen LogP contribution in [0.15, 0.2) is 243 Å². The molecule has 0 heterocycles. The van der Waals surface area contributed by atoms with Gasteiger partial charge in [-0.25, -0.2) is 0 Å². The quantitative estimate of drug-likeness (QED) is 0.180. The zero-order valence-corrected chi connectivity index (χ0v) is 40.5. The first kappa shape index (κ1) is 40.1.